The van der Waals surface area contributed by atoms with Crippen LogP contribution in [0.1, 0.15) is 16.7 Å². The number of rotatable bonds is 2. The van der Waals surface area contributed by atoms with E-state index < -0.39 is 0 Å². The predicted molar refractivity (Wildman–Crippen MR) is 107 cm³/mol. The van der Waals surface area contributed by atoms with Crippen LogP contribution in [0, 0.1) is 25.2 Å². The maximum absolute atomic E-state index is 9.68. The molecular weight excluding hydrogens is 408 g/mol. The topological polar surface area (TPSA) is 103 Å². The van der Waals surface area contributed by atoms with Gasteiger partial charge in [-0.15, -0.1) is 0 Å². The fraction of sp³-hybridized carbons (Fsp3) is 0.158. The average molecular weight is 423 g/mol. The Labute approximate surface area is 163 Å². The first kappa shape index (κ1) is 17.2. The number of fused-ring (bicyclic) bond motifs is 2. The van der Waals surface area contributed by atoms with Crippen molar-refractivity contribution in [2.24, 2.45) is 0 Å². The summed E-state index contributed by atoms with van der Waals surface area (Å²) in [5, 5.41) is 9.68. The number of nitriles is 1. The Morgan fingerprint density at radius 1 is 1.26 bits per heavy atom. The summed E-state index contributed by atoms with van der Waals surface area (Å²) in [6, 6.07) is 7.83. The molecule has 7 nitrogen and oxygen atoms in total. The molecule has 0 spiro atoms. The number of halogens is 1. The summed E-state index contributed by atoms with van der Waals surface area (Å²) in [6.07, 6.45) is 1.66. The first-order valence-corrected chi connectivity index (χ1v) is 8.93. The number of benzene rings is 1. The fourth-order valence-corrected chi connectivity index (χ4v) is 3.62. The van der Waals surface area contributed by atoms with Crippen LogP contribution in [0.5, 0.6) is 5.75 Å². The normalized spacial score (nSPS) is 11.1. The smallest absolute Gasteiger partial charge is 0.180 e. The molecule has 0 atom stereocenters. The molecule has 0 radical (unpaired) electrons. The van der Waals surface area contributed by atoms with Gasteiger partial charge in [0, 0.05) is 16.2 Å². The SMILES string of the molecule is COc1ccc(C)c(-n2c(N)c(C#N)c3nc4cc(Br)cnc4nc32)c1C. The third kappa shape index (κ3) is 2.51. The van der Waals surface area contributed by atoms with Gasteiger partial charge in [-0.2, -0.15) is 5.26 Å². The Morgan fingerprint density at radius 2 is 2.04 bits per heavy atom. The van der Waals surface area contributed by atoms with E-state index in [2.05, 4.69) is 37.0 Å². The van der Waals surface area contributed by atoms with Crippen molar-refractivity contribution in [2.75, 3.05) is 12.8 Å². The molecule has 1 aromatic carbocycles. The molecule has 134 valence electrons. The summed E-state index contributed by atoms with van der Waals surface area (Å²) in [6.45, 7) is 3.92. The van der Waals surface area contributed by atoms with Crippen molar-refractivity contribution in [3.8, 4) is 17.5 Å². The van der Waals surface area contributed by atoms with Gasteiger partial charge in [-0.05, 0) is 47.5 Å². The first-order valence-electron chi connectivity index (χ1n) is 8.14. The van der Waals surface area contributed by atoms with E-state index in [9.17, 15) is 5.26 Å². The minimum absolute atomic E-state index is 0.293. The summed E-state index contributed by atoms with van der Waals surface area (Å²) < 4.78 is 8.01. The molecule has 0 aliphatic carbocycles. The van der Waals surface area contributed by atoms with Crippen LogP contribution in [0.2, 0.25) is 0 Å². The van der Waals surface area contributed by atoms with E-state index in [4.69, 9.17) is 10.5 Å². The number of pyridine rings is 1. The van der Waals surface area contributed by atoms with Gasteiger partial charge in [0.2, 0.25) is 0 Å². The number of aryl methyl sites for hydroxylation is 1. The van der Waals surface area contributed by atoms with E-state index in [1.54, 1.807) is 17.9 Å². The maximum atomic E-state index is 9.68. The molecule has 8 heteroatoms. The van der Waals surface area contributed by atoms with E-state index >= 15 is 0 Å². The van der Waals surface area contributed by atoms with Gasteiger partial charge in [0.05, 0.1) is 12.8 Å². The zero-order chi connectivity index (χ0) is 19.3. The quantitative estimate of drug-likeness (QED) is 0.526. The van der Waals surface area contributed by atoms with Crippen LogP contribution in [0.15, 0.2) is 28.9 Å². The zero-order valence-corrected chi connectivity index (χ0v) is 16.5. The number of nitrogens with two attached hydrogens (primary N) is 1. The van der Waals surface area contributed by atoms with Gasteiger partial charge >= 0.3 is 0 Å². The molecule has 3 aromatic heterocycles. The average Bonchev–Trinajstić information content (AvgIpc) is 2.91. The van der Waals surface area contributed by atoms with Crippen molar-refractivity contribution in [3.05, 3.63) is 45.6 Å². The number of aromatic nitrogens is 4. The lowest BCUT2D eigenvalue weighted by molar-refractivity contribution is 0.411. The van der Waals surface area contributed by atoms with Crippen molar-refractivity contribution in [1.82, 2.24) is 19.5 Å². The second kappa shape index (κ2) is 6.21. The number of methoxy groups -OCH3 is 1. The number of hydrogen-bond donors (Lipinski definition) is 1. The van der Waals surface area contributed by atoms with Crippen LogP contribution >= 0.6 is 15.9 Å². The monoisotopic (exact) mass is 422 g/mol. The van der Waals surface area contributed by atoms with Gasteiger partial charge in [0.15, 0.2) is 11.3 Å². The fourth-order valence-electron chi connectivity index (χ4n) is 3.30. The van der Waals surface area contributed by atoms with Gasteiger partial charge in [-0.1, -0.05) is 6.07 Å². The zero-order valence-electron chi connectivity index (χ0n) is 14.9. The van der Waals surface area contributed by atoms with Crippen molar-refractivity contribution in [3.63, 3.8) is 0 Å². The van der Waals surface area contributed by atoms with Gasteiger partial charge in [0.1, 0.15) is 34.2 Å². The van der Waals surface area contributed by atoms with Crippen LogP contribution in [-0.2, 0) is 0 Å². The number of anilines is 1. The predicted octanol–water partition coefficient (Wildman–Crippen LogP) is 3.81. The molecule has 0 aliphatic rings. The second-order valence-electron chi connectivity index (χ2n) is 6.16. The molecule has 3 heterocycles. The summed E-state index contributed by atoms with van der Waals surface area (Å²) in [7, 11) is 1.62. The minimum Gasteiger partial charge on any atom is -0.496 e. The van der Waals surface area contributed by atoms with Crippen molar-refractivity contribution < 1.29 is 4.74 Å². The number of nitrogens with zero attached hydrogens (tertiary/aromatic N) is 5. The Hall–Kier alpha value is -3.18. The third-order valence-electron chi connectivity index (χ3n) is 4.55. The van der Waals surface area contributed by atoms with Gasteiger partial charge in [0.25, 0.3) is 0 Å². The van der Waals surface area contributed by atoms with E-state index in [0.29, 0.717) is 33.7 Å². The lowest BCUT2D eigenvalue weighted by Gasteiger charge is -2.16. The Balaban J connectivity index is 2.18. The van der Waals surface area contributed by atoms with Crippen LogP contribution < -0.4 is 10.5 Å². The van der Waals surface area contributed by atoms with Crippen molar-refractivity contribution in [1.29, 1.82) is 5.26 Å². The Bertz CT molecular complexity index is 1270. The molecule has 0 saturated carbocycles. The van der Waals surface area contributed by atoms with E-state index in [1.165, 1.54) is 0 Å². The van der Waals surface area contributed by atoms with Crippen LogP contribution in [0.3, 0.4) is 0 Å². The molecule has 0 fully saturated rings. The molecule has 0 saturated heterocycles. The lowest BCUT2D eigenvalue weighted by atomic mass is 10.1. The highest BCUT2D eigenvalue weighted by Crippen LogP contribution is 2.35. The highest BCUT2D eigenvalue weighted by molar-refractivity contribution is 9.10. The van der Waals surface area contributed by atoms with E-state index in [1.807, 2.05) is 32.0 Å². The molecule has 0 unspecified atom stereocenters. The van der Waals surface area contributed by atoms with Crippen LogP contribution in [0.4, 0.5) is 5.82 Å². The highest BCUT2D eigenvalue weighted by atomic mass is 79.9. The van der Waals surface area contributed by atoms with Crippen LogP contribution in [-0.4, -0.2) is 26.6 Å². The molecule has 4 aromatic rings. The summed E-state index contributed by atoms with van der Waals surface area (Å²) >= 11 is 3.38. The third-order valence-corrected chi connectivity index (χ3v) is 4.99. The Kier molecular flexibility index (Phi) is 3.97. The number of ether oxygens (including phenoxy) is 1. The van der Waals surface area contributed by atoms with Gasteiger partial charge < -0.3 is 10.5 Å². The van der Waals surface area contributed by atoms with Gasteiger partial charge in [-0.3, -0.25) is 4.57 Å². The minimum atomic E-state index is 0.293. The molecule has 0 amide bonds. The lowest BCUT2D eigenvalue weighted by Crippen LogP contribution is -2.07. The molecular formula is C19H15BrN6O. The molecule has 4 rings (SSSR count). The number of nitrogen functional groups attached to an aromatic ring is 1. The maximum Gasteiger partial charge on any atom is 0.180 e. The van der Waals surface area contributed by atoms with Crippen molar-refractivity contribution in [2.45, 2.75) is 13.8 Å². The van der Waals surface area contributed by atoms with E-state index in [-0.39, 0.29) is 0 Å². The standard InChI is InChI=1S/C19H15BrN6O/c1-9-4-5-14(27-3)10(2)16(9)26-17(22)12(7-21)15-19(26)25-18-13(24-15)6-11(20)8-23-18/h4-6,8H,22H2,1-3H3. The largest absolute Gasteiger partial charge is 0.496 e. The van der Waals surface area contributed by atoms with Crippen LogP contribution in [0.25, 0.3) is 28.0 Å². The second-order valence-corrected chi connectivity index (χ2v) is 7.07. The molecule has 0 aliphatic heterocycles. The molecule has 27 heavy (non-hydrogen) atoms. The first-order chi connectivity index (χ1) is 13.0. The summed E-state index contributed by atoms with van der Waals surface area (Å²) in [5.41, 5.74) is 11.4. The number of hydrogen-bond acceptors (Lipinski definition) is 6. The van der Waals surface area contributed by atoms with Gasteiger partial charge in [-0.25, -0.2) is 15.0 Å². The highest BCUT2D eigenvalue weighted by Gasteiger charge is 2.23. The molecule has 0 bridgehead atoms. The molecule has 2 N–H and O–H groups in total. The Morgan fingerprint density at radius 3 is 2.74 bits per heavy atom. The van der Waals surface area contributed by atoms with E-state index in [0.717, 1.165) is 27.0 Å². The summed E-state index contributed by atoms with van der Waals surface area (Å²) in [5.74, 6) is 1.02. The summed E-state index contributed by atoms with van der Waals surface area (Å²) in [4.78, 5) is 13.6. The van der Waals surface area contributed by atoms with Crippen molar-refractivity contribution >= 4 is 44.1 Å².